The number of benzene rings is 1. The molecule has 2 rings (SSSR count). The van der Waals surface area contributed by atoms with Crippen molar-refractivity contribution in [2.45, 2.75) is 39.3 Å². The lowest BCUT2D eigenvalue weighted by molar-refractivity contribution is -0.124. The van der Waals surface area contributed by atoms with Crippen LogP contribution in [-0.4, -0.2) is 36.2 Å². The number of aliphatic hydroxyl groups is 1. The molecule has 1 aromatic rings. The van der Waals surface area contributed by atoms with Crippen LogP contribution in [0.15, 0.2) is 18.2 Å². The first kappa shape index (κ1) is 13.9. The number of anilines is 1. The number of hydrogen-bond acceptors (Lipinski definition) is 3. The average molecular weight is 262 g/mol. The number of rotatable bonds is 3. The summed E-state index contributed by atoms with van der Waals surface area (Å²) in [4.78, 5) is 14.2. The fraction of sp³-hybridized carbons (Fsp3) is 0.533. The molecule has 2 unspecified atom stereocenters. The third kappa shape index (κ3) is 2.73. The largest absolute Gasteiger partial charge is 0.396 e. The summed E-state index contributed by atoms with van der Waals surface area (Å²) in [6.45, 7) is 6.88. The molecule has 0 saturated carbocycles. The molecule has 1 aromatic carbocycles. The van der Waals surface area contributed by atoms with E-state index in [2.05, 4.69) is 49.2 Å². The molecule has 1 heterocycles. The van der Waals surface area contributed by atoms with Crippen LogP contribution in [0.3, 0.4) is 0 Å². The van der Waals surface area contributed by atoms with E-state index in [4.69, 9.17) is 0 Å². The molecule has 104 valence electrons. The first-order valence-electron chi connectivity index (χ1n) is 6.78. The average Bonchev–Trinajstić information content (AvgIpc) is 2.38. The lowest BCUT2D eigenvalue weighted by Gasteiger charge is -2.42. The van der Waals surface area contributed by atoms with Crippen molar-refractivity contribution in [3.8, 4) is 0 Å². The predicted molar refractivity (Wildman–Crippen MR) is 76.4 cm³/mol. The molecule has 0 aromatic heterocycles. The molecule has 2 atom stereocenters. The number of carbonyl (C=O) groups excluding carboxylic acids is 1. The van der Waals surface area contributed by atoms with Crippen molar-refractivity contribution in [2.24, 2.45) is 0 Å². The zero-order valence-corrected chi connectivity index (χ0v) is 11.8. The summed E-state index contributed by atoms with van der Waals surface area (Å²) in [5, 5.41) is 12.1. The third-order valence-electron chi connectivity index (χ3n) is 3.73. The second kappa shape index (κ2) is 5.61. The van der Waals surface area contributed by atoms with Crippen LogP contribution in [0.25, 0.3) is 0 Å². The Kier molecular flexibility index (Phi) is 4.10. The van der Waals surface area contributed by atoms with Crippen molar-refractivity contribution in [3.05, 3.63) is 29.3 Å². The molecule has 4 nitrogen and oxygen atoms in total. The van der Waals surface area contributed by atoms with Gasteiger partial charge in [0, 0.05) is 24.9 Å². The Morgan fingerprint density at radius 3 is 2.84 bits per heavy atom. The molecule has 1 fully saturated rings. The standard InChI is InChI=1S/C15H22N2O2/c1-10-4-5-11(2)14(8-10)17-12(3)9-16-15(19)13(17)6-7-18/h4-5,8,12-13,18H,6-7,9H2,1-3H3,(H,16,19). The van der Waals surface area contributed by atoms with E-state index in [1.807, 2.05) is 0 Å². The van der Waals surface area contributed by atoms with Gasteiger partial charge in [-0.15, -0.1) is 0 Å². The van der Waals surface area contributed by atoms with Crippen LogP contribution in [0.2, 0.25) is 0 Å². The Morgan fingerprint density at radius 2 is 2.16 bits per heavy atom. The summed E-state index contributed by atoms with van der Waals surface area (Å²) in [7, 11) is 0. The number of nitrogens with zero attached hydrogens (tertiary/aromatic N) is 1. The van der Waals surface area contributed by atoms with Gasteiger partial charge in [0.1, 0.15) is 6.04 Å². The molecule has 19 heavy (non-hydrogen) atoms. The third-order valence-corrected chi connectivity index (χ3v) is 3.73. The Balaban J connectivity index is 2.41. The smallest absolute Gasteiger partial charge is 0.242 e. The van der Waals surface area contributed by atoms with Gasteiger partial charge in [-0.3, -0.25) is 4.79 Å². The molecule has 1 saturated heterocycles. The normalized spacial score (nSPS) is 23.4. The Morgan fingerprint density at radius 1 is 1.42 bits per heavy atom. The maximum Gasteiger partial charge on any atom is 0.242 e. The van der Waals surface area contributed by atoms with Crippen molar-refractivity contribution in [2.75, 3.05) is 18.1 Å². The number of aryl methyl sites for hydroxylation is 2. The lowest BCUT2D eigenvalue weighted by Crippen LogP contribution is -2.60. The van der Waals surface area contributed by atoms with E-state index in [1.165, 1.54) is 5.56 Å². The first-order valence-corrected chi connectivity index (χ1v) is 6.78. The van der Waals surface area contributed by atoms with E-state index < -0.39 is 0 Å². The van der Waals surface area contributed by atoms with E-state index in [1.54, 1.807) is 0 Å². The Bertz CT molecular complexity index is 473. The van der Waals surface area contributed by atoms with Crippen molar-refractivity contribution in [1.29, 1.82) is 0 Å². The van der Waals surface area contributed by atoms with Crippen LogP contribution in [0.1, 0.15) is 24.5 Å². The monoisotopic (exact) mass is 262 g/mol. The van der Waals surface area contributed by atoms with E-state index >= 15 is 0 Å². The van der Waals surface area contributed by atoms with Crippen molar-refractivity contribution < 1.29 is 9.90 Å². The van der Waals surface area contributed by atoms with E-state index in [9.17, 15) is 9.90 Å². The second-order valence-electron chi connectivity index (χ2n) is 5.32. The molecule has 1 amide bonds. The van der Waals surface area contributed by atoms with Gasteiger partial charge in [0.15, 0.2) is 0 Å². The minimum atomic E-state index is -0.283. The highest BCUT2D eigenvalue weighted by atomic mass is 16.3. The SMILES string of the molecule is Cc1ccc(C)c(N2C(C)CNC(=O)C2CCO)c1. The maximum absolute atomic E-state index is 12.0. The summed E-state index contributed by atoms with van der Waals surface area (Å²) >= 11 is 0. The van der Waals surface area contributed by atoms with E-state index in [0.29, 0.717) is 13.0 Å². The highest BCUT2D eigenvalue weighted by Gasteiger charge is 2.34. The van der Waals surface area contributed by atoms with Gasteiger partial charge in [-0.25, -0.2) is 0 Å². The number of carbonyl (C=O) groups is 1. The zero-order chi connectivity index (χ0) is 14.0. The predicted octanol–water partition coefficient (Wildman–Crippen LogP) is 1.38. The van der Waals surface area contributed by atoms with Gasteiger partial charge in [0.05, 0.1) is 0 Å². The van der Waals surface area contributed by atoms with Gasteiger partial charge in [0.25, 0.3) is 0 Å². The molecular weight excluding hydrogens is 240 g/mol. The quantitative estimate of drug-likeness (QED) is 0.865. The van der Waals surface area contributed by atoms with Crippen LogP contribution in [-0.2, 0) is 4.79 Å². The number of nitrogens with one attached hydrogen (secondary N) is 1. The number of amides is 1. The fourth-order valence-electron chi connectivity index (χ4n) is 2.69. The maximum atomic E-state index is 12.0. The van der Waals surface area contributed by atoms with E-state index in [-0.39, 0.29) is 24.6 Å². The summed E-state index contributed by atoms with van der Waals surface area (Å²) in [6.07, 6.45) is 0.462. The molecule has 0 bridgehead atoms. The van der Waals surface area contributed by atoms with Crippen molar-refractivity contribution in [3.63, 3.8) is 0 Å². The van der Waals surface area contributed by atoms with Gasteiger partial charge in [-0.1, -0.05) is 12.1 Å². The van der Waals surface area contributed by atoms with Gasteiger partial charge in [-0.2, -0.15) is 0 Å². The molecule has 1 aliphatic heterocycles. The fourth-order valence-corrected chi connectivity index (χ4v) is 2.69. The topological polar surface area (TPSA) is 52.6 Å². The van der Waals surface area contributed by atoms with Crippen molar-refractivity contribution in [1.82, 2.24) is 5.32 Å². The molecular formula is C15H22N2O2. The number of piperazine rings is 1. The van der Waals surface area contributed by atoms with E-state index in [0.717, 1.165) is 11.3 Å². The molecule has 1 aliphatic rings. The minimum absolute atomic E-state index is 0.00746. The number of hydrogen-bond donors (Lipinski definition) is 2. The summed E-state index contributed by atoms with van der Waals surface area (Å²) < 4.78 is 0. The highest BCUT2D eigenvalue weighted by molar-refractivity contribution is 5.87. The van der Waals surface area contributed by atoms with Gasteiger partial charge < -0.3 is 15.3 Å². The summed E-state index contributed by atoms with van der Waals surface area (Å²) in [6, 6.07) is 6.23. The molecule has 2 N–H and O–H groups in total. The van der Waals surface area contributed by atoms with Crippen molar-refractivity contribution >= 4 is 11.6 Å². The van der Waals surface area contributed by atoms with Gasteiger partial charge in [0.2, 0.25) is 5.91 Å². The zero-order valence-electron chi connectivity index (χ0n) is 11.8. The highest BCUT2D eigenvalue weighted by Crippen LogP contribution is 2.28. The van der Waals surface area contributed by atoms with Gasteiger partial charge >= 0.3 is 0 Å². The molecule has 0 radical (unpaired) electrons. The number of aliphatic hydroxyl groups excluding tert-OH is 1. The Hall–Kier alpha value is -1.55. The van der Waals surface area contributed by atoms with Gasteiger partial charge in [-0.05, 0) is 44.4 Å². The molecule has 0 spiro atoms. The molecule has 0 aliphatic carbocycles. The second-order valence-corrected chi connectivity index (χ2v) is 5.32. The first-order chi connectivity index (χ1) is 9.04. The lowest BCUT2D eigenvalue weighted by atomic mass is 10.0. The van der Waals surface area contributed by atoms with Crippen LogP contribution in [0.4, 0.5) is 5.69 Å². The summed E-state index contributed by atoms with van der Waals surface area (Å²) in [5.41, 5.74) is 3.44. The minimum Gasteiger partial charge on any atom is -0.396 e. The molecule has 4 heteroatoms. The summed E-state index contributed by atoms with van der Waals surface area (Å²) in [5.74, 6) is 0.00746. The van der Waals surface area contributed by atoms with Crippen LogP contribution < -0.4 is 10.2 Å². The Labute approximate surface area is 114 Å². The van der Waals surface area contributed by atoms with Crippen LogP contribution in [0.5, 0.6) is 0 Å². The van der Waals surface area contributed by atoms with Crippen LogP contribution in [0, 0.1) is 13.8 Å². The van der Waals surface area contributed by atoms with Crippen LogP contribution >= 0.6 is 0 Å².